The minimum absolute atomic E-state index is 0.0278. The molecule has 0 saturated carbocycles. The van der Waals surface area contributed by atoms with E-state index in [-0.39, 0.29) is 12.0 Å². The standard InChI is InChI=1S/C7H13NO2.C2H6/c1-2-10-7(9)6-4-3-5-8-6;1-2/h6,8H,2-5H2,1H3;1-2H3/t6-;/m1./s1. The zero-order valence-electron chi connectivity index (χ0n) is 8.22. The van der Waals surface area contributed by atoms with Crippen molar-refractivity contribution in [2.45, 2.75) is 39.7 Å². The number of nitrogens with one attached hydrogen (secondary N) is 1. The molecule has 0 bridgehead atoms. The Morgan fingerprint density at radius 1 is 1.58 bits per heavy atom. The lowest BCUT2D eigenvalue weighted by Crippen LogP contribution is -2.32. The molecule has 1 heterocycles. The van der Waals surface area contributed by atoms with Crippen LogP contribution in [0, 0.1) is 0 Å². The van der Waals surface area contributed by atoms with E-state index in [1.165, 1.54) is 0 Å². The second-order valence-electron chi connectivity index (χ2n) is 2.40. The van der Waals surface area contributed by atoms with Crippen LogP contribution in [-0.2, 0) is 9.53 Å². The molecule has 3 heteroatoms. The lowest BCUT2D eigenvalue weighted by molar-refractivity contribution is -0.145. The van der Waals surface area contributed by atoms with Gasteiger partial charge in [0.15, 0.2) is 0 Å². The lowest BCUT2D eigenvalue weighted by atomic mass is 10.2. The van der Waals surface area contributed by atoms with Crippen molar-refractivity contribution in [3.05, 3.63) is 0 Å². The van der Waals surface area contributed by atoms with Gasteiger partial charge in [0.25, 0.3) is 0 Å². The van der Waals surface area contributed by atoms with E-state index in [4.69, 9.17) is 4.74 Å². The third-order valence-electron chi connectivity index (χ3n) is 1.63. The van der Waals surface area contributed by atoms with Crippen LogP contribution in [0.25, 0.3) is 0 Å². The van der Waals surface area contributed by atoms with Crippen LogP contribution in [0.1, 0.15) is 33.6 Å². The van der Waals surface area contributed by atoms with Crippen LogP contribution in [0.2, 0.25) is 0 Å². The number of ether oxygens (including phenoxy) is 1. The van der Waals surface area contributed by atoms with Gasteiger partial charge < -0.3 is 10.1 Å². The number of esters is 1. The van der Waals surface area contributed by atoms with Crippen LogP contribution in [0.3, 0.4) is 0 Å². The first-order chi connectivity index (χ1) is 5.84. The van der Waals surface area contributed by atoms with Crippen molar-refractivity contribution in [2.24, 2.45) is 0 Å². The highest BCUT2D eigenvalue weighted by molar-refractivity contribution is 5.76. The first-order valence-corrected chi connectivity index (χ1v) is 4.74. The second kappa shape index (κ2) is 7.10. The van der Waals surface area contributed by atoms with Crippen molar-refractivity contribution in [1.29, 1.82) is 0 Å². The van der Waals surface area contributed by atoms with Gasteiger partial charge in [0.05, 0.1) is 6.61 Å². The zero-order chi connectivity index (χ0) is 9.40. The molecule has 1 rings (SSSR count). The Bertz CT molecular complexity index is 120. The summed E-state index contributed by atoms with van der Waals surface area (Å²) in [5, 5.41) is 3.07. The summed E-state index contributed by atoms with van der Waals surface area (Å²) in [5.41, 5.74) is 0. The van der Waals surface area contributed by atoms with Crippen molar-refractivity contribution < 1.29 is 9.53 Å². The largest absolute Gasteiger partial charge is 0.465 e. The molecule has 0 radical (unpaired) electrons. The highest BCUT2D eigenvalue weighted by Gasteiger charge is 2.22. The summed E-state index contributed by atoms with van der Waals surface area (Å²) < 4.78 is 4.82. The summed E-state index contributed by atoms with van der Waals surface area (Å²) in [6, 6.07) is -0.0278. The highest BCUT2D eigenvalue weighted by atomic mass is 16.5. The summed E-state index contributed by atoms with van der Waals surface area (Å²) in [6.45, 7) is 7.26. The quantitative estimate of drug-likeness (QED) is 0.640. The maximum atomic E-state index is 11.0. The van der Waals surface area contributed by atoms with Gasteiger partial charge in [-0.15, -0.1) is 0 Å². The fraction of sp³-hybridized carbons (Fsp3) is 0.889. The number of carbonyl (C=O) groups excluding carboxylic acids is 1. The monoisotopic (exact) mass is 173 g/mol. The van der Waals surface area contributed by atoms with E-state index in [0.29, 0.717) is 6.61 Å². The SMILES string of the molecule is CC.CCOC(=O)[C@H]1CCCN1. The predicted molar refractivity (Wildman–Crippen MR) is 49.0 cm³/mol. The average molecular weight is 173 g/mol. The Kier molecular flexibility index (Phi) is 6.76. The maximum absolute atomic E-state index is 11.0. The van der Waals surface area contributed by atoms with Gasteiger partial charge in [-0.05, 0) is 26.3 Å². The van der Waals surface area contributed by atoms with Crippen LogP contribution >= 0.6 is 0 Å². The third kappa shape index (κ3) is 3.72. The maximum Gasteiger partial charge on any atom is 0.323 e. The van der Waals surface area contributed by atoms with Crippen LogP contribution in [0.5, 0.6) is 0 Å². The molecule has 0 aromatic heterocycles. The summed E-state index contributed by atoms with van der Waals surface area (Å²) >= 11 is 0. The molecule has 0 spiro atoms. The van der Waals surface area contributed by atoms with Crippen molar-refractivity contribution >= 4 is 5.97 Å². The molecule has 1 saturated heterocycles. The molecule has 0 amide bonds. The Labute approximate surface area is 74.5 Å². The van der Waals surface area contributed by atoms with Crippen LogP contribution < -0.4 is 5.32 Å². The lowest BCUT2D eigenvalue weighted by Gasteiger charge is -2.07. The van der Waals surface area contributed by atoms with Gasteiger partial charge in [-0.3, -0.25) is 4.79 Å². The molecule has 1 aliphatic rings. The molecule has 72 valence electrons. The van der Waals surface area contributed by atoms with E-state index in [1.54, 1.807) is 0 Å². The van der Waals surface area contributed by atoms with Gasteiger partial charge in [0, 0.05) is 0 Å². The van der Waals surface area contributed by atoms with E-state index in [1.807, 2.05) is 20.8 Å². The number of rotatable bonds is 2. The van der Waals surface area contributed by atoms with Crippen LogP contribution in [0.4, 0.5) is 0 Å². The van der Waals surface area contributed by atoms with E-state index in [2.05, 4.69) is 5.32 Å². The van der Waals surface area contributed by atoms with E-state index in [0.717, 1.165) is 19.4 Å². The Morgan fingerprint density at radius 3 is 2.67 bits per heavy atom. The summed E-state index contributed by atoms with van der Waals surface area (Å²) in [7, 11) is 0. The van der Waals surface area contributed by atoms with Gasteiger partial charge >= 0.3 is 5.97 Å². The Morgan fingerprint density at radius 2 is 2.25 bits per heavy atom. The van der Waals surface area contributed by atoms with E-state index < -0.39 is 0 Å². The predicted octanol–water partition coefficient (Wildman–Crippen LogP) is 1.33. The fourth-order valence-corrected chi connectivity index (χ4v) is 1.13. The normalized spacial score (nSPS) is 21.1. The topological polar surface area (TPSA) is 38.3 Å². The molecule has 1 N–H and O–H groups in total. The molecule has 3 nitrogen and oxygen atoms in total. The number of hydrogen-bond acceptors (Lipinski definition) is 3. The summed E-state index contributed by atoms with van der Waals surface area (Å²) in [5.74, 6) is -0.0972. The summed E-state index contributed by atoms with van der Waals surface area (Å²) in [6.07, 6.45) is 2.02. The molecule has 12 heavy (non-hydrogen) atoms. The highest BCUT2D eigenvalue weighted by Crippen LogP contribution is 2.05. The first-order valence-electron chi connectivity index (χ1n) is 4.74. The van der Waals surface area contributed by atoms with Crippen molar-refractivity contribution in [3.63, 3.8) is 0 Å². The third-order valence-corrected chi connectivity index (χ3v) is 1.63. The van der Waals surface area contributed by atoms with Crippen molar-refractivity contribution in [2.75, 3.05) is 13.2 Å². The minimum Gasteiger partial charge on any atom is -0.465 e. The molecule has 0 aromatic carbocycles. The molecule has 0 unspecified atom stereocenters. The molecule has 1 atom stereocenters. The zero-order valence-corrected chi connectivity index (χ0v) is 8.22. The molecular weight excluding hydrogens is 154 g/mol. The van der Waals surface area contributed by atoms with Crippen molar-refractivity contribution in [3.8, 4) is 0 Å². The Balaban J connectivity index is 0.000000561. The van der Waals surface area contributed by atoms with E-state index >= 15 is 0 Å². The van der Waals surface area contributed by atoms with Crippen LogP contribution in [0.15, 0.2) is 0 Å². The number of hydrogen-bond donors (Lipinski definition) is 1. The van der Waals surface area contributed by atoms with Gasteiger partial charge in [-0.25, -0.2) is 0 Å². The van der Waals surface area contributed by atoms with Gasteiger partial charge in [0.1, 0.15) is 6.04 Å². The first kappa shape index (κ1) is 11.4. The Hall–Kier alpha value is -0.570. The second-order valence-corrected chi connectivity index (χ2v) is 2.40. The number of carbonyl (C=O) groups is 1. The van der Waals surface area contributed by atoms with E-state index in [9.17, 15) is 4.79 Å². The van der Waals surface area contributed by atoms with Crippen molar-refractivity contribution in [1.82, 2.24) is 5.32 Å². The average Bonchev–Trinajstić information content (AvgIpc) is 2.60. The van der Waals surface area contributed by atoms with Gasteiger partial charge in [-0.1, -0.05) is 13.8 Å². The minimum atomic E-state index is -0.0972. The fourth-order valence-electron chi connectivity index (χ4n) is 1.13. The molecule has 1 aliphatic heterocycles. The van der Waals surface area contributed by atoms with Gasteiger partial charge in [-0.2, -0.15) is 0 Å². The van der Waals surface area contributed by atoms with Gasteiger partial charge in [0.2, 0.25) is 0 Å². The molecule has 0 aromatic rings. The molecule has 0 aliphatic carbocycles. The molecular formula is C9H19NO2. The molecule has 1 fully saturated rings. The van der Waals surface area contributed by atoms with Crippen LogP contribution in [-0.4, -0.2) is 25.2 Å². The smallest absolute Gasteiger partial charge is 0.323 e. The summed E-state index contributed by atoms with van der Waals surface area (Å²) in [4.78, 5) is 11.0.